The van der Waals surface area contributed by atoms with Gasteiger partial charge in [-0.15, -0.1) is 0 Å². The van der Waals surface area contributed by atoms with Gasteiger partial charge in [0.2, 0.25) is 11.9 Å². The number of cyclic esters (lactones) is 1. The summed E-state index contributed by atoms with van der Waals surface area (Å²) in [7, 11) is 1.25. The Morgan fingerprint density at radius 2 is 1.86 bits per heavy atom. The van der Waals surface area contributed by atoms with E-state index in [1.807, 2.05) is 75.4 Å². The van der Waals surface area contributed by atoms with Crippen molar-refractivity contribution < 1.29 is 42.9 Å². The zero-order valence-electron chi connectivity index (χ0n) is 25.7. The summed E-state index contributed by atoms with van der Waals surface area (Å²) in [4.78, 5) is 40.3. The molecule has 1 N–H and O–H groups in total. The number of hydrogen-bond acceptors (Lipinski definition) is 9. The fourth-order valence-electron chi connectivity index (χ4n) is 5.04. The van der Waals surface area contributed by atoms with E-state index in [0.29, 0.717) is 31.8 Å². The van der Waals surface area contributed by atoms with Gasteiger partial charge < -0.3 is 28.5 Å². The first kappa shape index (κ1) is 33.1. The van der Waals surface area contributed by atoms with E-state index in [1.54, 1.807) is 6.07 Å². The van der Waals surface area contributed by atoms with Gasteiger partial charge in [-0.2, -0.15) is 0 Å². The highest BCUT2D eigenvalue weighted by molar-refractivity contribution is 6.14. The number of aliphatic hydroxyl groups is 1. The van der Waals surface area contributed by atoms with Crippen molar-refractivity contribution in [1.82, 2.24) is 4.90 Å². The maximum Gasteiger partial charge on any atom is 0.417 e. The van der Waals surface area contributed by atoms with Gasteiger partial charge in [0.15, 0.2) is 5.76 Å². The number of nitrogens with zero attached hydrogens (tertiary/aromatic N) is 1. The second-order valence-corrected chi connectivity index (χ2v) is 11.2. The Bertz CT molecular complexity index is 1400. The highest BCUT2D eigenvalue weighted by atomic mass is 16.6. The standard InChI is InChI=1S/C34H41NO9/c1-22(2)28-21-43-34(39)35(28)33(38)32(40-4)31(37)30-17-27(25-13-8-10-23(3)16-25)29(44-30)14-9-15-41-20-26(18-36)42-19-24-11-6-5-7-12-24/h5-8,10-13,16-17,22,26,28,32,36H,9,14-15,18-21H2,1-4H3. The largest absolute Gasteiger partial charge is 0.457 e. The highest BCUT2D eigenvalue weighted by Gasteiger charge is 2.45. The summed E-state index contributed by atoms with van der Waals surface area (Å²) >= 11 is 0. The number of imide groups is 1. The van der Waals surface area contributed by atoms with Gasteiger partial charge in [0.25, 0.3) is 5.91 Å². The fraction of sp³-hybridized carbons (Fsp3) is 0.441. The third kappa shape index (κ3) is 8.21. The average molecular weight is 608 g/mol. The van der Waals surface area contributed by atoms with E-state index < -0.39 is 36.0 Å². The molecular formula is C34H41NO9. The van der Waals surface area contributed by atoms with Gasteiger partial charge in [-0.3, -0.25) is 9.59 Å². The molecule has 2 aromatic carbocycles. The summed E-state index contributed by atoms with van der Waals surface area (Å²) in [6, 6.07) is 18.6. The molecule has 0 spiro atoms. The molecule has 0 aliphatic carbocycles. The first-order chi connectivity index (χ1) is 21.2. The van der Waals surface area contributed by atoms with Crippen molar-refractivity contribution in [2.75, 3.05) is 33.5 Å². The Kier molecular flexibility index (Phi) is 11.8. The molecule has 1 aliphatic heterocycles. The maximum atomic E-state index is 13.6. The van der Waals surface area contributed by atoms with Crippen LogP contribution < -0.4 is 0 Å². The predicted molar refractivity (Wildman–Crippen MR) is 162 cm³/mol. The lowest BCUT2D eigenvalue weighted by atomic mass is 10.0. The number of benzene rings is 2. The number of aryl methyl sites for hydroxylation is 2. The van der Waals surface area contributed by atoms with Crippen molar-refractivity contribution in [3.8, 4) is 11.1 Å². The van der Waals surface area contributed by atoms with Crippen molar-refractivity contribution in [3.63, 3.8) is 0 Å². The second kappa shape index (κ2) is 15.8. The molecule has 2 heterocycles. The lowest BCUT2D eigenvalue weighted by molar-refractivity contribution is -0.137. The van der Waals surface area contributed by atoms with E-state index in [0.717, 1.165) is 27.2 Å². The number of ether oxygens (including phenoxy) is 4. The number of rotatable bonds is 16. The number of hydrogen-bond donors (Lipinski definition) is 1. The number of carbonyl (C=O) groups is 3. The van der Waals surface area contributed by atoms with Crippen LogP contribution in [0, 0.1) is 12.8 Å². The third-order valence-electron chi connectivity index (χ3n) is 7.52. The summed E-state index contributed by atoms with van der Waals surface area (Å²) in [5, 5.41) is 9.69. The Morgan fingerprint density at radius 3 is 2.55 bits per heavy atom. The van der Waals surface area contributed by atoms with Crippen LogP contribution in [0.5, 0.6) is 0 Å². The van der Waals surface area contributed by atoms with E-state index in [9.17, 15) is 19.5 Å². The van der Waals surface area contributed by atoms with Gasteiger partial charge in [0, 0.05) is 25.7 Å². The molecule has 0 bridgehead atoms. The van der Waals surface area contributed by atoms with Gasteiger partial charge in [0.05, 0.1) is 25.9 Å². The number of furan rings is 1. The number of amides is 2. The molecule has 10 heteroatoms. The Balaban J connectivity index is 1.43. The molecule has 0 saturated carbocycles. The summed E-state index contributed by atoms with van der Waals surface area (Å²) in [6.07, 6.45) is -1.80. The average Bonchev–Trinajstić information content (AvgIpc) is 3.63. The van der Waals surface area contributed by atoms with Crippen molar-refractivity contribution in [2.45, 2.75) is 58.5 Å². The van der Waals surface area contributed by atoms with Crippen LogP contribution in [-0.2, 0) is 36.8 Å². The van der Waals surface area contributed by atoms with Gasteiger partial charge in [0.1, 0.15) is 18.5 Å². The minimum Gasteiger partial charge on any atom is -0.457 e. The predicted octanol–water partition coefficient (Wildman–Crippen LogP) is 4.98. The zero-order chi connectivity index (χ0) is 31.6. The molecular weight excluding hydrogens is 566 g/mol. The minimum atomic E-state index is -1.57. The summed E-state index contributed by atoms with van der Waals surface area (Å²) in [6.45, 7) is 6.58. The molecule has 3 atom stereocenters. The molecule has 44 heavy (non-hydrogen) atoms. The van der Waals surface area contributed by atoms with Gasteiger partial charge in [-0.1, -0.05) is 74.0 Å². The molecule has 10 nitrogen and oxygen atoms in total. The molecule has 3 aromatic rings. The number of ketones is 1. The van der Waals surface area contributed by atoms with Crippen molar-refractivity contribution >= 4 is 17.8 Å². The molecule has 236 valence electrons. The molecule has 1 fully saturated rings. The molecule has 2 amide bonds. The smallest absolute Gasteiger partial charge is 0.417 e. The first-order valence-corrected chi connectivity index (χ1v) is 14.8. The zero-order valence-corrected chi connectivity index (χ0v) is 25.7. The topological polar surface area (TPSA) is 125 Å². The van der Waals surface area contributed by atoms with Crippen molar-refractivity contribution in [1.29, 1.82) is 0 Å². The lowest BCUT2D eigenvalue weighted by Gasteiger charge is -2.25. The number of Topliss-reactive ketones (excluding diaryl/α,β-unsaturated/α-hetero) is 1. The maximum absolute atomic E-state index is 13.6. The van der Waals surface area contributed by atoms with Gasteiger partial charge in [-0.25, -0.2) is 9.69 Å². The molecule has 1 saturated heterocycles. The van der Waals surface area contributed by atoms with Crippen LogP contribution in [0.3, 0.4) is 0 Å². The number of methoxy groups -OCH3 is 1. The lowest BCUT2D eigenvalue weighted by Crippen LogP contribution is -2.49. The monoisotopic (exact) mass is 607 g/mol. The van der Waals surface area contributed by atoms with E-state index in [1.165, 1.54) is 7.11 Å². The normalized spacial score (nSPS) is 16.3. The van der Waals surface area contributed by atoms with Crippen LogP contribution in [0.2, 0.25) is 0 Å². The molecule has 3 unspecified atom stereocenters. The third-order valence-corrected chi connectivity index (χ3v) is 7.52. The second-order valence-electron chi connectivity index (χ2n) is 11.2. The van der Waals surface area contributed by atoms with Crippen LogP contribution in [-0.4, -0.2) is 79.6 Å². The first-order valence-electron chi connectivity index (χ1n) is 14.8. The van der Waals surface area contributed by atoms with Crippen LogP contribution in [0.1, 0.15) is 47.7 Å². The highest BCUT2D eigenvalue weighted by Crippen LogP contribution is 2.31. The fourth-order valence-corrected chi connectivity index (χ4v) is 5.04. The van der Waals surface area contributed by atoms with Crippen LogP contribution in [0.15, 0.2) is 65.1 Å². The van der Waals surface area contributed by atoms with Gasteiger partial charge >= 0.3 is 6.09 Å². The molecule has 1 aromatic heterocycles. The SMILES string of the molecule is COC(C(=O)c1cc(-c2cccc(C)c2)c(CCCOCC(CO)OCc2ccccc2)o1)C(=O)N1C(=O)OCC1C(C)C. The Labute approximate surface area is 257 Å². The molecule has 1 aliphatic rings. The number of carbonyl (C=O) groups excluding carboxylic acids is 3. The Hall–Kier alpha value is -3.83. The molecule has 4 rings (SSSR count). The van der Waals surface area contributed by atoms with E-state index in [4.69, 9.17) is 23.4 Å². The number of aliphatic hydroxyl groups excluding tert-OH is 1. The van der Waals surface area contributed by atoms with Crippen molar-refractivity contribution in [3.05, 3.63) is 83.3 Å². The van der Waals surface area contributed by atoms with Crippen LogP contribution in [0.4, 0.5) is 4.79 Å². The van der Waals surface area contributed by atoms with Crippen molar-refractivity contribution in [2.24, 2.45) is 5.92 Å². The summed E-state index contributed by atoms with van der Waals surface area (Å²) in [5.41, 5.74) is 3.63. The van der Waals surface area contributed by atoms with E-state index >= 15 is 0 Å². The Morgan fingerprint density at radius 1 is 1.09 bits per heavy atom. The van der Waals surface area contributed by atoms with Gasteiger partial charge in [-0.05, 0) is 36.5 Å². The quantitative estimate of drug-likeness (QED) is 0.136. The molecule has 0 radical (unpaired) electrons. The van der Waals surface area contributed by atoms with E-state index in [2.05, 4.69) is 0 Å². The summed E-state index contributed by atoms with van der Waals surface area (Å²) in [5.74, 6) is -1.01. The minimum absolute atomic E-state index is 0.0408. The van der Waals surface area contributed by atoms with Crippen LogP contribution >= 0.6 is 0 Å². The summed E-state index contributed by atoms with van der Waals surface area (Å²) < 4.78 is 28.1. The van der Waals surface area contributed by atoms with Crippen LogP contribution in [0.25, 0.3) is 11.1 Å². The van der Waals surface area contributed by atoms with E-state index in [-0.39, 0.29) is 31.5 Å².